The van der Waals surface area contributed by atoms with Gasteiger partial charge < -0.3 is 15.1 Å². The molecule has 2 heterocycles. The predicted octanol–water partition coefficient (Wildman–Crippen LogP) is 1.84. The van der Waals surface area contributed by atoms with Crippen molar-refractivity contribution in [3.8, 4) is 22.6 Å². The van der Waals surface area contributed by atoms with Crippen molar-refractivity contribution >= 4 is 5.91 Å². The first-order valence-electron chi connectivity index (χ1n) is 5.67. The Bertz CT molecular complexity index is 768. The SMILES string of the molecule is NC(=O)c1ccc(-c2oc(=O)c3ccc[nH]c2-3)cc1. The Morgan fingerprint density at radius 1 is 1.16 bits per heavy atom. The van der Waals surface area contributed by atoms with E-state index in [1.807, 2.05) is 0 Å². The van der Waals surface area contributed by atoms with E-state index in [9.17, 15) is 9.59 Å². The van der Waals surface area contributed by atoms with Gasteiger partial charge in [-0.3, -0.25) is 4.79 Å². The number of rotatable bonds is 2. The van der Waals surface area contributed by atoms with E-state index in [-0.39, 0.29) is 5.63 Å². The lowest BCUT2D eigenvalue weighted by atomic mass is 10.1. The van der Waals surface area contributed by atoms with Crippen LogP contribution in [0, 0.1) is 0 Å². The van der Waals surface area contributed by atoms with Gasteiger partial charge in [0, 0.05) is 17.3 Å². The van der Waals surface area contributed by atoms with Crippen LogP contribution >= 0.6 is 0 Å². The van der Waals surface area contributed by atoms with E-state index in [1.165, 1.54) is 0 Å². The maximum absolute atomic E-state index is 11.7. The van der Waals surface area contributed by atoms with Crippen LogP contribution in [0.2, 0.25) is 0 Å². The molecule has 3 rings (SSSR count). The van der Waals surface area contributed by atoms with Crippen molar-refractivity contribution in [2.75, 3.05) is 0 Å². The lowest BCUT2D eigenvalue weighted by molar-refractivity contribution is 0.100. The summed E-state index contributed by atoms with van der Waals surface area (Å²) >= 11 is 0. The third-order valence-corrected chi connectivity index (χ3v) is 2.93. The minimum absolute atomic E-state index is 0.388. The van der Waals surface area contributed by atoms with Gasteiger partial charge in [0.25, 0.3) is 0 Å². The molecule has 5 nitrogen and oxygen atoms in total. The molecule has 3 N–H and O–H groups in total. The summed E-state index contributed by atoms with van der Waals surface area (Å²) in [5.41, 5.74) is 7.04. The van der Waals surface area contributed by atoms with Gasteiger partial charge in [-0.2, -0.15) is 0 Å². The van der Waals surface area contributed by atoms with Crippen LogP contribution in [0.3, 0.4) is 0 Å². The molecule has 0 spiro atoms. The number of pyridine rings is 1. The van der Waals surface area contributed by atoms with Crippen molar-refractivity contribution in [1.82, 2.24) is 4.98 Å². The third kappa shape index (κ3) is 1.81. The molecule has 1 aromatic carbocycles. The number of nitrogens with one attached hydrogen (secondary N) is 1. The van der Waals surface area contributed by atoms with Crippen molar-refractivity contribution in [2.45, 2.75) is 0 Å². The largest absolute Gasteiger partial charge is 0.420 e. The first-order valence-corrected chi connectivity index (χ1v) is 5.67. The fraction of sp³-hybridized carbons (Fsp3) is 0. The Kier molecular flexibility index (Phi) is 2.45. The molecule has 0 unspecified atom stereocenters. The minimum Gasteiger partial charge on any atom is -0.420 e. The zero-order chi connectivity index (χ0) is 13.4. The van der Waals surface area contributed by atoms with Crippen molar-refractivity contribution in [1.29, 1.82) is 0 Å². The number of carbonyl (C=O) groups is 1. The van der Waals surface area contributed by atoms with Gasteiger partial charge in [-0.05, 0) is 24.3 Å². The van der Waals surface area contributed by atoms with Gasteiger partial charge in [-0.25, -0.2) is 4.79 Å². The van der Waals surface area contributed by atoms with Crippen molar-refractivity contribution < 1.29 is 9.21 Å². The molecule has 2 aliphatic rings. The molecule has 0 atom stereocenters. The molecule has 0 aliphatic carbocycles. The number of primary amides is 1. The van der Waals surface area contributed by atoms with Crippen molar-refractivity contribution in [3.05, 3.63) is 58.6 Å². The topological polar surface area (TPSA) is 89.1 Å². The van der Waals surface area contributed by atoms with E-state index in [4.69, 9.17) is 10.2 Å². The Morgan fingerprint density at radius 3 is 2.58 bits per heavy atom. The number of nitrogens with two attached hydrogens (primary N) is 1. The van der Waals surface area contributed by atoms with Crippen LogP contribution in [-0.2, 0) is 0 Å². The summed E-state index contributed by atoms with van der Waals surface area (Å²) in [6.07, 6.45) is 1.72. The summed E-state index contributed by atoms with van der Waals surface area (Å²) in [6, 6.07) is 10.0. The molecule has 0 radical (unpaired) electrons. The Morgan fingerprint density at radius 2 is 1.89 bits per heavy atom. The highest BCUT2D eigenvalue weighted by Gasteiger charge is 2.18. The standard InChI is InChI=1S/C14H10N2O3/c15-13(17)9-5-3-8(4-6-9)12-11-10(14(18)19-12)2-1-7-16-11/h1-7,16H,(H2,15,17). The zero-order valence-electron chi connectivity index (χ0n) is 9.84. The zero-order valence-corrected chi connectivity index (χ0v) is 9.84. The number of aromatic nitrogens is 1. The van der Waals surface area contributed by atoms with Crippen LogP contribution in [0.4, 0.5) is 0 Å². The highest BCUT2D eigenvalue weighted by molar-refractivity contribution is 5.93. The second-order valence-corrected chi connectivity index (χ2v) is 4.12. The van der Waals surface area contributed by atoms with E-state index >= 15 is 0 Å². The van der Waals surface area contributed by atoms with Crippen LogP contribution in [0.5, 0.6) is 0 Å². The number of hydrogen-bond donors (Lipinski definition) is 2. The summed E-state index contributed by atoms with van der Waals surface area (Å²) in [5, 5.41) is 0. The lowest BCUT2D eigenvalue weighted by Gasteiger charge is -2.01. The molecule has 0 saturated heterocycles. The molecular formula is C14H10N2O3. The number of benzene rings is 1. The molecule has 5 heteroatoms. The van der Waals surface area contributed by atoms with Gasteiger partial charge in [0.1, 0.15) is 0 Å². The minimum atomic E-state index is -0.494. The summed E-state index contributed by atoms with van der Waals surface area (Å²) in [6.45, 7) is 0. The van der Waals surface area contributed by atoms with Crippen molar-refractivity contribution in [3.63, 3.8) is 0 Å². The lowest BCUT2D eigenvalue weighted by Crippen LogP contribution is -2.10. The number of aromatic amines is 1. The first-order chi connectivity index (χ1) is 9.16. The molecule has 0 aromatic heterocycles. The second kappa shape index (κ2) is 4.13. The number of fused-ring (bicyclic) bond motifs is 1. The molecule has 1 amide bonds. The molecule has 2 aliphatic heterocycles. The maximum atomic E-state index is 11.7. The molecular weight excluding hydrogens is 244 g/mol. The normalized spacial score (nSPS) is 10.7. The van der Waals surface area contributed by atoms with Gasteiger partial charge in [-0.15, -0.1) is 0 Å². The predicted molar refractivity (Wildman–Crippen MR) is 69.9 cm³/mol. The molecule has 94 valence electrons. The number of carbonyl (C=O) groups excluding carboxylic acids is 1. The summed E-state index contributed by atoms with van der Waals surface area (Å²) in [7, 11) is 0. The number of H-pyrrole nitrogens is 1. The van der Waals surface area contributed by atoms with Gasteiger partial charge in [0.05, 0.1) is 11.3 Å². The monoisotopic (exact) mass is 254 g/mol. The summed E-state index contributed by atoms with van der Waals surface area (Å²) in [4.78, 5) is 25.7. The van der Waals surface area contributed by atoms with Crippen LogP contribution in [0.25, 0.3) is 22.6 Å². The average Bonchev–Trinajstić information content (AvgIpc) is 2.77. The van der Waals surface area contributed by atoms with Crippen LogP contribution in [0.15, 0.2) is 51.8 Å². The van der Waals surface area contributed by atoms with Crippen LogP contribution in [-0.4, -0.2) is 10.9 Å². The highest BCUT2D eigenvalue weighted by Crippen LogP contribution is 2.30. The Hall–Kier alpha value is -2.82. The van der Waals surface area contributed by atoms with E-state index in [0.29, 0.717) is 28.1 Å². The molecule has 0 saturated carbocycles. The quantitative estimate of drug-likeness (QED) is 0.731. The number of hydrogen-bond acceptors (Lipinski definition) is 3. The highest BCUT2D eigenvalue weighted by atomic mass is 16.4. The average molecular weight is 254 g/mol. The van der Waals surface area contributed by atoms with E-state index < -0.39 is 5.91 Å². The van der Waals surface area contributed by atoms with E-state index in [1.54, 1.807) is 42.6 Å². The van der Waals surface area contributed by atoms with Crippen LogP contribution < -0.4 is 11.4 Å². The molecule has 0 bridgehead atoms. The Labute approximate surface area is 108 Å². The second-order valence-electron chi connectivity index (χ2n) is 4.12. The van der Waals surface area contributed by atoms with Crippen molar-refractivity contribution in [2.24, 2.45) is 5.73 Å². The van der Waals surface area contributed by atoms with Crippen LogP contribution in [0.1, 0.15) is 10.4 Å². The summed E-state index contributed by atoms with van der Waals surface area (Å²) in [5.74, 6) is -0.0384. The fourth-order valence-electron chi connectivity index (χ4n) is 1.98. The third-order valence-electron chi connectivity index (χ3n) is 2.93. The number of furan rings is 1. The van der Waals surface area contributed by atoms with Gasteiger partial charge in [0.2, 0.25) is 5.91 Å². The van der Waals surface area contributed by atoms with Gasteiger partial charge in [0.15, 0.2) is 5.76 Å². The first kappa shape index (κ1) is 11.3. The maximum Gasteiger partial charge on any atom is 0.345 e. The summed E-state index contributed by atoms with van der Waals surface area (Å²) < 4.78 is 5.25. The van der Waals surface area contributed by atoms with E-state index in [0.717, 1.165) is 0 Å². The van der Waals surface area contributed by atoms with E-state index in [2.05, 4.69) is 4.98 Å². The molecule has 19 heavy (non-hydrogen) atoms. The smallest absolute Gasteiger partial charge is 0.345 e. The fourth-order valence-corrected chi connectivity index (χ4v) is 1.98. The van der Waals surface area contributed by atoms with Gasteiger partial charge in [-0.1, -0.05) is 12.1 Å². The van der Waals surface area contributed by atoms with Gasteiger partial charge >= 0.3 is 5.63 Å². The number of amides is 1. The Balaban J connectivity index is 2.15. The molecule has 0 fully saturated rings. The molecule has 1 aromatic rings.